The van der Waals surface area contributed by atoms with Gasteiger partial charge in [0.1, 0.15) is 4.88 Å². The molecule has 1 amide bonds. The Labute approximate surface area is 142 Å². The van der Waals surface area contributed by atoms with E-state index < -0.39 is 10.9 Å². The van der Waals surface area contributed by atoms with Crippen LogP contribution in [0.4, 0.5) is 5.69 Å². The van der Waals surface area contributed by atoms with Gasteiger partial charge >= 0.3 is 5.97 Å². The molecule has 8 heteroatoms. The number of fused-ring (bicyclic) bond motifs is 1. The summed E-state index contributed by atoms with van der Waals surface area (Å²) in [5.74, 6) is -0.991. The van der Waals surface area contributed by atoms with Crippen molar-refractivity contribution in [1.29, 1.82) is 0 Å². The van der Waals surface area contributed by atoms with Gasteiger partial charge in [-0.2, -0.15) is 0 Å². The summed E-state index contributed by atoms with van der Waals surface area (Å²) in [4.78, 5) is 34.4. The summed E-state index contributed by atoms with van der Waals surface area (Å²) < 4.78 is 5.75. The Morgan fingerprint density at radius 2 is 2.04 bits per heavy atom. The SMILES string of the molecule is CCC(C)(C)NC(=O)COC(=O)c1cc2cc([N+](=O)[O-])ccc2s1. The predicted octanol–water partition coefficient (Wildman–Crippen LogP) is 3.27. The van der Waals surface area contributed by atoms with E-state index in [0.717, 1.165) is 11.1 Å². The van der Waals surface area contributed by atoms with E-state index in [-0.39, 0.29) is 23.7 Å². The molecule has 1 aromatic carbocycles. The summed E-state index contributed by atoms with van der Waals surface area (Å²) in [7, 11) is 0. The highest BCUT2D eigenvalue weighted by atomic mass is 32.1. The molecule has 0 saturated carbocycles. The monoisotopic (exact) mass is 350 g/mol. The van der Waals surface area contributed by atoms with Gasteiger partial charge in [-0.25, -0.2) is 4.79 Å². The van der Waals surface area contributed by atoms with Crippen molar-refractivity contribution in [3.8, 4) is 0 Å². The van der Waals surface area contributed by atoms with Gasteiger partial charge in [-0.15, -0.1) is 11.3 Å². The molecule has 0 aliphatic carbocycles. The molecule has 7 nitrogen and oxygen atoms in total. The Morgan fingerprint density at radius 3 is 2.67 bits per heavy atom. The Hall–Kier alpha value is -2.48. The van der Waals surface area contributed by atoms with Crippen LogP contribution in [0, 0.1) is 10.1 Å². The molecule has 1 heterocycles. The number of amides is 1. The third-order valence-corrected chi connectivity index (χ3v) is 4.70. The number of ether oxygens (including phenoxy) is 1. The second-order valence-corrected chi connectivity index (χ2v) is 7.04. The minimum Gasteiger partial charge on any atom is -0.451 e. The zero-order chi connectivity index (χ0) is 17.9. The molecule has 0 radical (unpaired) electrons. The van der Waals surface area contributed by atoms with Crippen molar-refractivity contribution in [2.24, 2.45) is 0 Å². The number of thiophene rings is 1. The van der Waals surface area contributed by atoms with E-state index in [1.54, 1.807) is 6.07 Å². The molecule has 1 aromatic heterocycles. The Bertz CT molecular complexity index is 797. The average Bonchev–Trinajstić information content (AvgIpc) is 2.95. The molecule has 0 atom stereocenters. The van der Waals surface area contributed by atoms with Gasteiger partial charge in [0.15, 0.2) is 6.61 Å². The molecule has 128 valence electrons. The number of hydrogen-bond donors (Lipinski definition) is 1. The number of nitrogens with one attached hydrogen (secondary N) is 1. The zero-order valence-electron chi connectivity index (χ0n) is 13.6. The molecular formula is C16H18N2O5S. The number of nitrogens with zero attached hydrogens (tertiary/aromatic N) is 1. The van der Waals surface area contributed by atoms with Crippen LogP contribution in [-0.2, 0) is 9.53 Å². The van der Waals surface area contributed by atoms with Crippen molar-refractivity contribution < 1.29 is 19.2 Å². The van der Waals surface area contributed by atoms with Crippen LogP contribution >= 0.6 is 11.3 Å². The number of carbonyl (C=O) groups is 2. The van der Waals surface area contributed by atoms with E-state index in [1.165, 1.54) is 29.5 Å². The summed E-state index contributed by atoms with van der Waals surface area (Å²) in [5, 5.41) is 14.1. The lowest BCUT2D eigenvalue weighted by Gasteiger charge is -2.24. The van der Waals surface area contributed by atoms with Crippen molar-refractivity contribution in [2.75, 3.05) is 6.61 Å². The normalized spacial score (nSPS) is 11.3. The second-order valence-electron chi connectivity index (χ2n) is 5.95. The van der Waals surface area contributed by atoms with E-state index in [0.29, 0.717) is 10.3 Å². The standard InChI is InChI=1S/C16H18N2O5S/c1-4-16(2,3)17-14(19)9-23-15(20)13-8-10-7-11(18(21)22)5-6-12(10)24-13/h5-8H,4,9H2,1-3H3,(H,17,19). The van der Waals surface area contributed by atoms with Gasteiger partial charge in [0.05, 0.1) is 4.92 Å². The Kier molecular flexibility index (Phi) is 5.18. The smallest absolute Gasteiger partial charge is 0.348 e. The summed E-state index contributed by atoms with van der Waals surface area (Å²) in [6, 6.07) is 5.90. The number of rotatable bonds is 6. The van der Waals surface area contributed by atoms with Crippen molar-refractivity contribution in [2.45, 2.75) is 32.7 Å². The van der Waals surface area contributed by atoms with Crippen LogP contribution in [-0.4, -0.2) is 28.9 Å². The van der Waals surface area contributed by atoms with Crippen LogP contribution in [0.3, 0.4) is 0 Å². The van der Waals surface area contributed by atoms with Crippen LogP contribution in [0.1, 0.15) is 36.9 Å². The maximum Gasteiger partial charge on any atom is 0.348 e. The van der Waals surface area contributed by atoms with Crippen molar-refractivity contribution in [1.82, 2.24) is 5.32 Å². The van der Waals surface area contributed by atoms with Crippen molar-refractivity contribution in [3.05, 3.63) is 39.3 Å². The molecule has 0 saturated heterocycles. The van der Waals surface area contributed by atoms with E-state index in [4.69, 9.17) is 4.74 Å². The molecule has 2 aromatic rings. The summed E-state index contributed by atoms with van der Waals surface area (Å²) in [6.07, 6.45) is 0.752. The summed E-state index contributed by atoms with van der Waals surface area (Å²) >= 11 is 1.17. The third kappa shape index (κ3) is 4.29. The van der Waals surface area contributed by atoms with Crippen LogP contribution in [0.25, 0.3) is 10.1 Å². The number of esters is 1. The van der Waals surface area contributed by atoms with Gasteiger partial charge in [-0.3, -0.25) is 14.9 Å². The quantitative estimate of drug-likeness (QED) is 0.490. The van der Waals surface area contributed by atoms with Gasteiger partial charge in [0, 0.05) is 27.8 Å². The lowest BCUT2D eigenvalue weighted by atomic mass is 10.0. The van der Waals surface area contributed by atoms with Crippen LogP contribution in [0.2, 0.25) is 0 Å². The Balaban J connectivity index is 2.03. The molecule has 0 bridgehead atoms. The van der Waals surface area contributed by atoms with Crippen LogP contribution < -0.4 is 5.32 Å². The van der Waals surface area contributed by atoms with Gasteiger partial charge in [0.25, 0.3) is 11.6 Å². The topological polar surface area (TPSA) is 98.5 Å². The lowest BCUT2D eigenvalue weighted by molar-refractivity contribution is -0.384. The van der Waals surface area contributed by atoms with Crippen LogP contribution in [0.5, 0.6) is 0 Å². The maximum atomic E-state index is 12.0. The molecule has 0 fully saturated rings. The van der Waals surface area contributed by atoms with Crippen LogP contribution in [0.15, 0.2) is 24.3 Å². The number of benzene rings is 1. The summed E-state index contributed by atoms with van der Waals surface area (Å²) in [6.45, 7) is 5.34. The minimum atomic E-state index is -0.622. The highest BCUT2D eigenvalue weighted by Crippen LogP contribution is 2.29. The van der Waals surface area contributed by atoms with Gasteiger partial charge in [-0.05, 0) is 32.4 Å². The fourth-order valence-electron chi connectivity index (χ4n) is 1.95. The first-order valence-corrected chi connectivity index (χ1v) is 8.19. The van der Waals surface area contributed by atoms with E-state index in [1.807, 2.05) is 20.8 Å². The van der Waals surface area contributed by atoms with Crippen molar-refractivity contribution >= 4 is 39.0 Å². The molecule has 0 aliphatic heterocycles. The lowest BCUT2D eigenvalue weighted by Crippen LogP contribution is -2.44. The minimum absolute atomic E-state index is 0.0404. The van der Waals surface area contributed by atoms with Gasteiger partial charge in [-0.1, -0.05) is 6.92 Å². The third-order valence-electron chi connectivity index (χ3n) is 3.61. The number of hydrogen-bond acceptors (Lipinski definition) is 6. The predicted molar refractivity (Wildman–Crippen MR) is 91.3 cm³/mol. The maximum absolute atomic E-state index is 12.0. The first-order chi connectivity index (χ1) is 11.2. The molecular weight excluding hydrogens is 332 g/mol. The van der Waals surface area contributed by atoms with Gasteiger partial charge in [0.2, 0.25) is 0 Å². The molecule has 1 N–H and O–H groups in total. The first kappa shape index (κ1) is 17.9. The Morgan fingerprint density at radius 1 is 1.33 bits per heavy atom. The highest BCUT2D eigenvalue weighted by Gasteiger charge is 2.20. The highest BCUT2D eigenvalue weighted by molar-refractivity contribution is 7.20. The second kappa shape index (κ2) is 6.96. The molecule has 24 heavy (non-hydrogen) atoms. The van der Waals surface area contributed by atoms with E-state index in [9.17, 15) is 19.7 Å². The fourth-order valence-corrected chi connectivity index (χ4v) is 2.89. The van der Waals surface area contributed by atoms with Gasteiger partial charge < -0.3 is 10.1 Å². The zero-order valence-corrected chi connectivity index (χ0v) is 14.4. The van der Waals surface area contributed by atoms with E-state index in [2.05, 4.69) is 5.32 Å². The number of nitro benzene ring substituents is 1. The number of non-ortho nitro benzene ring substituents is 1. The number of nitro groups is 1. The van der Waals surface area contributed by atoms with Crippen molar-refractivity contribution in [3.63, 3.8) is 0 Å². The fraction of sp³-hybridized carbons (Fsp3) is 0.375. The molecule has 2 rings (SSSR count). The largest absolute Gasteiger partial charge is 0.451 e. The average molecular weight is 350 g/mol. The first-order valence-electron chi connectivity index (χ1n) is 7.38. The number of carbonyl (C=O) groups excluding carboxylic acids is 2. The molecule has 0 unspecified atom stereocenters. The van der Waals surface area contributed by atoms with E-state index >= 15 is 0 Å². The summed E-state index contributed by atoms with van der Waals surface area (Å²) in [5.41, 5.74) is -0.401. The molecule has 0 spiro atoms. The molecule has 0 aliphatic rings.